The number of ether oxygens (including phenoxy) is 1. The van der Waals surface area contributed by atoms with E-state index in [2.05, 4.69) is 14.5 Å². The third kappa shape index (κ3) is 2.29. The van der Waals surface area contributed by atoms with Gasteiger partial charge >= 0.3 is 0 Å². The largest absolute Gasteiger partial charge is 0.381 e. The van der Waals surface area contributed by atoms with Crippen LogP contribution in [0.15, 0.2) is 12.3 Å². The van der Waals surface area contributed by atoms with E-state index in [-0.39, 0.29) is 0 Å². The fourth-order valence-corrected chi connectivity index (χ4v) is 2.63. The molecule has 0 aliphatic carbocycles. The standard InChI is InChI=1S/C13H13ClN4O/c14-4-13-17-11-3-10(5-15)16-6-12(11)18(13)7-9-1-2-19-8-9/h3,6,9H,1-2,4,7-8H2/t9-/m1/s1. The number of hydrogen-bond donors (Lipinski definition) is 0. The average Bonchev–Trinajstić information content (AvgIpc) is 3.06. The average molecular weight is 277 g/mol. The summed E-state index contributed by atoms with van der Waals surface area (Å²) in [6, 6.07) is 3.73. The Morgan fingerprint density at radius 3 is 3.16 bits per heavy atom. The topological polar surface area (TPSA) is 63.7 Å². The second-order valence-corrected chi connectivity index (χ2v) is 4.94. The number of nitrogens with zero attached hydrogens (tertiary/aromatic N) is 4. The van der Waals surface area contributed by atoms with Gasteiger partial charge in [-0.3, -0.25) is 0 Å². The number of fused-ring (bicyclic) bond motifs is 1. The van der Waals surface area contributed by atoms with Gasteiger partial charge < -0.3 is 9.30 Å². The molecule has 98 valence electrons. The van der Waals surface area contributed by atoms with Crippen LogP contribution in [0.3, 0.4) is 0 Å². The van der Waals surface area contributed by atoms with Gasteiger partial charge in [-0.25, -0.2) is 9.97 Å². The van der Waals surface area contributed by atoms with Gasteiger partial charge in [0, 0.05) is 25.1 Å². The van der Waals surface area contributed by atoms with Crippen molar-refractivity contribution >= 4 is 22.6 Å². The van der Waals surface area contributed by atoms with Gasteiger partial charge in [0.25, 0.3) is 0 Å². The van der Waals surface area contributed by atoms with Gasteiger partial charge in [0.05, 0.1) is 29.7 Å². The molecule has 19 heavy (non-hydrogen) atoms. The molecule has 1 atom stereocenters. The van der Waals surface area contributed by atoms with E-state index in [9.17, 15) is 0 Å². The van der Waals surface area contributed by atoms with Gasteiger partial charge in [-0.1, -0.05) is 0 Å². The summed E-state index contributed by atoms with van der Waals surface area (Å²) in [6.45, 7) is 2.45. The second kappa shape index (κ2) is 5.16. The maximum absolute atomic E-state index is 8.87. The maximum Gasteiger partial charge on any atom is 0.142 e. The van der Waals surface area contributed by atoms with E-state index in [1.165, 1.54) is 0 Å². The quantitative estimate of drug-likeness (QED) is 0.805. The highest BCUT2D eigenvalue weighted by atomic mass is 35.5. The minimum atomic E-state index is 0.351. The van der Waals surface area contributed by atoms with Gasteiger partial charge in [-0.15, -0.1) is 11.6 Å². The summed E-state index contributed by atoms with van der Waals surface area (Å²) in [5, 5.41) is 8.87. The first-order valence-electron chi connectivity index (χ1n) is 6.21. The van der Waals surface area contributed by atoms with Gasteiger partial charge in [0.1, 0.15) is 17.6 Å². The highest BCUT2D eigenvalue weighted by Crippen LogP contribution is 2.22. The van der Waals surface area contributed by atoms with Crippen molar-refractivity contribution in [3.63, 3.8) is 0 Å². The Kier molecular flexibility index (Phi) is 3.36. The molecule has 0 amide bonds. The molecule has 0 bridgehead atoms. The number of nitriles is 1. The van der Waals surface area contributed by atoms with E-state index < -0.39 is 0 Å². The lowest BCUT2D eigenvalue weighted by Crippen LogP contribution is -2.12. The molecule has 0 radical (unpaired) electrons. The van der Waals surface area contributed by atoms with Crippen LogP contribution in [0.4, 0.5) is 0 Å². The van der Waals surface area contributed by atoms with Crippen LogP contribution in [0, 0.1) is 17.2 Å². The van der Waals surface area contributed by atoms with E-state index >= 15 is 0 Å². The van der Waals surface area contributed by atoms with E-state index in [4.69, 9.17) is 21.6 Å². The molecule has 2 aromatic rings. The number of imidazole rings is 1. The zero-order valence-electron chi connectivity index (χ0n) is 10.3. The lowest BCUT2D eigenvalue weighted by molar-refractivity contribution is 0.182. The number of hydrogen-bond acceptors (Lipinski definition) is 4. The summed E-state index contributed by atoms with van der Waals surface area (Å²) >= 11 is 5.96. The first kappa shape index (κ1) is 12.4. The summed E-state index contributed by atoms with van der Waals surface area (Å²) in [5.41, 5.74) is 2.09. The van der Waals surface area contributed by atoms with Crippen LogP contribution in [0.1, 0.15) is 17.9 Å². The van der Waals surface area contributed by atoms with Crippen LogP contribution in [0.5, 0.6) is 0 Å². The Bertz CT molecular complexity index is 640. The molecule has 0 spiro atoms. The van der Waals surface area contributed by atoms with Crippen molar-refractivity contribution in [2.45, 2.75) is 18.8 Å². The van der Waals surface area contributed by atoms with Gasteiger partial charge in [0.2, 0.25) is 0 Å². The second-order valence-electron chi connectivity index (χ2n) is 4.67. The summed E-state index contributed by atoms with van der Waals surface area (Å²) in [5.74, 6) is 1.67. The van der Waals surface area contributed by atoms with E-state index in [0.717, 1.165) is 43.0 Å². The van der Waals surface area contributed by atoms with Crippen LogP contribution in [0.25, 0.3) is 11.0 Å². The molecule has 1 fully saturated rings. The normalized spacial score (nSPS) is 18.8. The number of pyridine rings is 1. The van der Waals surface area contributed by atoms with Gasteiger partial charge in [-0.05, 0) is 6.42 Å². The Labute approximate surface area is 115 Å². The Morgan fingerprint density at radius 1 is 1.58 bits per heavy atom. The number of rotatable bonds is 3. The predicted molar refractivity (Wildman–Crippen MR) is 70.7 cm³/mol. The monoisotopic (exact) mass is 276 g/mol. The molecule has 0 N–H and O–H groups in total. The molecule has 3 heterocycles. The predicted octanol–water partition coefficient (Wildman–Crippen LogP) is 2.08. The molecular weight excluding hydrogens is 264 g/mol. The lowest BCUT2D eigenvalue weighted by atomic mass is 10.1. The molecule has 0 unspecified atom stereocenters. The van der Waals surface area contributed by atoms with Crippen LogP contribution in [0.2, 0.25) is 0 Å². The van der Waals surface area contributed by atoms with Gasteiger partial charge in [0.15, 0.2) is 0 Å². The Balaban J connectivity index is 2.03. The Morgan fingerprint density at radius 2 is 2.47 bits per heavy atom. The summed E-state index contributed by atoms with van der Waals surface area (Å²) in [4.78, 5) is 8.59. The van der Waals surface area contributed by atoms with Crippen molar-refractivity contribution in [1.29, 1.82) is 5.26 Å². The third-order valence-electron chi connectivity index (χ3n) is 3.41. The lowest BCUT2D eigenvalue weighted by Gasteiger charge is -2.11. The first-order valence-corrected chi connectivity index (χ1v) is 6.74. The zero-order chi connectivity index (χ0) is 13.2. The molecule has 6 heteroatoms. The van der Waals surface area contributed by atoms with Crippen LogP contribution in [-0.4, -0.2) is 27.7 Å². The molecule has 5 nitrogen and oxygen atoms in total. The van der Waals surface area contributed by atoms with E-state index in [0.29, 0.717) is 17.5 Å². The highest BCUT2D eigenvalue weighted by molar-refractivity contribution is 6.16. The van der Waals surface area contributed by atoms with Crippen molar-refractivity contribution in [3.8, 4) is 6.07 Å². The summed E-state index contributed by atoms with van der Waals surface area (Å²) < 4.78 is 7.50. The van der Waals surface area contributed by atoms with Crippen molar-refractivity contribution in [2.75, 3.05) is 13.2 Å². The summed E-state index contributed by atoms with van der Waals surface area (Å²) in [7, 11) is 0. The molecule has 2 aromatic heterocycles. The van der Waals surface area contributed by atoms with Gasteiger partial charge in [-0.2, -0.15) is 5.26 Å². The zero-order valence-corrected chi connectivity index (χ0v) is 11.1. The Hall–Kier alpha value is -1.64. The molecule has 1 aliphatic heterocycles. The smallest absolute Gasteiger partial charge is 0.142 e. The molecule has 0 aromatic carbocycles. The van der Waals surface area contributed by atoms with Crippen LogP contribution in [-0.2, 0) is 17.2 Å². The van der Waals surface area contributed by atoms with Crippen LogP contribution >= 0.6 is 11.6 Å². The minimum Gasteiger partial charge on any atom is -0.381 e. The molecule has 1 saturated heterocycles. The third-order valence-corrected chi connectivity index (χ3v) is 3.65. The number of aromatic nitrogens is 3. The van der Waals surface area contributed by atoms with Crippen molar-refractivity contribution in [1.82, 2.24) is 14.5 Å². The fourth-order valence-electron chi connectivity index (χ4n) is 2.43. The van der Waals surface area contributed by atoms with Crippen LogP contribution < -0.4 is 0 Å². The minimum absolute atomic E-state index is 0.351. The van der Waals surface area contributed by atoms with E-state index in [1.54, 1.807) is 12.3 Å². The van der Waals surface area contributed by atoms with Crippen molar-refractivity contribution in [3.05, 3.63) is 23.8 Å². The van der Waals surface area contributed by atoms with Crippen molar-refractivity contribution in [2.24, 2.45) is 5.92 Å². The van der Waals surface area contributed by atoms with E-state index in [1.807, 2.05) is 6.07 Å². The summed E-state index contributed by atoms with van der Waals surface area (Å²) in [6.07, 6.45) is 2.76. The SMILES string of the molecule is N#Cc1cc2nc(CCl)n(C[C@H]3CCOC3)c2cn1. The van der Waals surface area contributed by atoms with Crippen molar-refractivity contribution < 1.29 is 4.74 Å². The number of alkyl halides is 1. The number of halogens is 1. The molecule has 0 saturated carbocycles. The molecular formula is C13H13ClN4O. The molecule has 3 rings (SSSR count). The fraction of sp³-hybridized carbons (Fsp3) is 0.462. The highest BCUT2D eigenvalue weighted by Gasteiger charge is 2.19. The maximum atomic E-state index is 8.87. The first-order chi connectivity index (χ1) is 9.31. The molecule has 1 aliphatic rings.